The summed E-state index contributed by atoms with van der Waals surface area (Å²) in [6.45, 7) is 6.39. The molecule has 1 heterocycles. The summed E-state index contributed by atoms with van der Waals surface area (Å²) in [5.41, 5.74) is 5.54. The second kappa shape index (κ2) is 6.58. The molecule has 1 aromatic heterocycles. The molecule has 0 fully saturated rings. The molecule has 0 saturated carbocycles. The average Bonchev–Trinajstić information content (AvgIpc) is 2.67. The lowest BCUT2D eigenvalue weighted by molar-refractivity contribution is 0.646. The first-order chi connectivity index (χ1) is 9.18. The third kappa shape index (κ3) is 3.71. The number of rotatable bonds is 6. The van der Waals surface area contributed by atoms with Crippen LogP contribution in [0.15, 0.2) is 36.4 Å². The number of hydrogen-bond donors (Lipinski definition) is 1. The molecular weight excluding hydrogens is 232 g/mol. The molecule has 0 unspecified atom stereocenters. The van der Waals surface area contributed by atoms with Crippen molar-refractivity contribution >= 4 is 0 Å². The van der Waals surface area contributed by atoms with Gasteiger partial charge in [0, 0.05) is 25.0 Å². The molecule has 0 aliphatic rings. The van der Waals surface area contributed by atoms with E-state index in [0.717, 1.165) is 19.5 Å². The van der Waals surface area contributed by atoms with Crippen molar-refractivity contribution in [2.24, 2.45) is 7.05 Å². The summed E-state index contributed by atoms with van der Waals surface area (Å²) in [6, 6.07) is 13.0. The lowest BCUT2D eigenvalue weighted by atomic mass is 10.1. The van der Waals surface area contributed by atoms with E-state index >= 15 is 0 Å². The summed E-state index contributed by atoms with van der Waals surface area (Å²) in [5, 5.41) is 3.54. The quantitative estimate of drug-likeness (QED) is 0.784. The van der Waals surface area contributed by atoms with E-state index in [2.05, 4.69) is 67.2 Å². The molecule has 19 heavy (non-hydrogen) atoms. The van der Waals surface area contributed by atoms with Gasteiger partial charge in [0.2, 0.25) is 0 Å². The molecular formula is C17H24N2. The predicted octanol–water partition coefficient (Wildman–Crippen LogP) is 3.36. The minimum absolute atomic E-state index is 0.975. The number of nitrogens with zero attached hydrogens (tertiary/aromatic N) is 1. The van der Waals surface area contributed by atoms with E-state index in [-0.39, 0.29) is 0 Å². The van der Waals surface area contributed by atoms with Crippen LogP contribution in [0, 0.1) is 13.8 Å². The first-order valence-corrected chi connectivity index (χ1v) is 7.05. The second-order valence-corrected chi connectivity index (χ2v) is 5.22. The fraction of sp³-hybridized carbons (Fsp3) is 0.412. The highest BCUT2D eigenvalue weighted by molar-refractivity contribution is 5.26. The Bertz CT molecular complexity index is 512. The van der Waals surface area contributed by atoms with Crippen LogP contribution >= 0.6 is 0 Å². The van der Waals surface area contributed by atoms with E-state index in [4.69, 9.17) is 0 Å². The van der Waals surface area contributed by atoms with Crippen LogP contribution < -0.4 is 5.32 Å². The second-order valence-electron chi connectivity index (χ2n) is 5.22. The molecule has 0 atom stereocenters. The maximum atomic E-state index is 3.54. The van der Waals surface area contributed by atoms with Crippen molar-refractivity contribution in [2.75, 3.05) is 6.54 Å². The van der Waals surface area contributed by atoms with Gasteiger partial charge in [-0.05, 0) is 50.4 Å². The standard InChI is InChI=1S/C17H24N2/c1-14-12-17(15(2)19(14)3)13-18-11-7-10-16-8-5-4-6-9-16/h4-6,8-9,12,18H,7,10-11,13H2,1-3H3. The monoisotopic (exact) mass is 256 g/mol. The van der Waals surface area contributed by atoms with E-state index in [1.165, 1.54) is 28.9 Å². The van der Waals surface area contributed by atoms with Crippen LogP contribution in [0.25, 0.3) is 0 Å². The third-order valence-corrected chi connectivity index (χ3v) is 3.86. The van der Waals surface area contributed by atoms with Crippen molar-refractivity contribution in [2.45, 2.75) is 33.2 Å². The minimum Gasteiger partial charge on any atom is -0.352 e. The molecule has 0 saturated heterocycles. The largest absolute Gasteiger partial charge is 0.352 e. The van der Waals surface area contributed by atoms with E-state index < -0.39 is 0 Å². The molecule has 0 radical (unpaired) electrons. The number of hydrogen-bond acceptors (Lipinski definition) is 1. The summed E-state index contributed by atoms with van der Waals surface area (Å²) in [7, 11) is 2.13. The van der Waals surface area contributed by atoms with Crippen LogP contribution in [0.3, 0.4) is 0 Å². The van der Waals surface area contributed by atoms with Crippen LogP contribution in [0.2, 0.25) is 0 Å². The molecule has 0 aliphatic heterocycles. The van der Waals surface area contributed by atoms with Crippen molar-refractivity contribution in [3.05, 3.63) is 58.9 Å². The summed E-state index contributed by atoms with van der Waals surface area (Å²) >= 11 is 0. The van der Waals surface area contributed by atoms with Crippen molar-refractivity contribution in [3.8, 4) is 0 Å². The Balaban J connectivity index is 1.71. The van der Waals surface area contributed by atoms with Crippen LogP contribution in [0.4, 0.5) is 0 Å². The Morgan fingerprint density at radius 1 is 1.11 bits per heavy atom. The van der Waals surface area contributed by atoms with Crippen molar-refractivity contribution in [3.63, 3.8) is 0 Å². The van der Waals surface area contributed by atoms with E-state index in [9.17, 15) is 0 Å². The fourth-order valence-corrected chi connectivity index (χ4v) is 2.40. The van der Waals surface area contributed by atoms with Gasteiger partial charge < -0.3 is 9.88 Å². The van der Waals surface area contributed by atoms with Crippen LogP contribution in [0.5, 0.6) is 0 Å². The molecule has 2 rings (SSSR count). The minimum atomic E-state index is 0.975. The topological polar surface area (TPSA) is 17.0 Å². The van der Waals surface area contributed by atoms with Gasteiger partial charge in [0.25, 0.3) is 0 Å². The highest BCUT2D eigenvalue weighted by Crippen LogP contribution is 2.12. The van der Waals surface area contributed by atoms with E-state index in [1.807, 2.05) is 0 Å². The molecule has 2 aromatic rings. The van der Waals surface area contributed by atoms with Gasteiger partial charge in [-0.25, -0.2) is 0 Å². The Labute approximate surface area is 116 Å². The molecule has 0 aliphatic carbocycles. The first kappa shape index (κ1) is 13.9. The average molecular weight is 256 g/mol. The number of aryl methyl sites for hydroxylation is 2. The Morgan fingerprint density at radius 2 is 1.84 bits per heavy atom. The van der Waals surface area contributed by atoms with Gasteiger partial charge >= 0.3 is 0 Å². The van der Waals surface area contributed by atoms with Gasteiger partial charge in [0.15, 0.2) is 0 Å². The fourth-order valence-electron chi connectivity index (χ4n) is 2.40. The smallest absolute Gasteiger partial charge is 0.0223 e. The SMILES string of the molecule is Cc1cc(CNCCCc2ccccc2)c(C)n1C. The maximum absolute atomic E-state index is 3.54. The van der Waals surface area contributed by atoms with E-state index in [0.29, 0.717) is 0 Å². The lowest BCUT2D eigenvalue weighted by Crippen LogP contribution is -2.15. The number of nitrogens with one attached hydrogen (secondary N) is 1. The molecule has 0 spiro atoms. The lowest BCUT2D eigenvalue weighted by Gasteiger charge is -2.06. The molecule has 0 amide bonds. The van der Waals surface area contributed by atoms with Gasteiger partial charge in [-0.3, -0.25) is 0 Å². The Kier molecular flexibility index (Phi) is 4.80. The maximum Gasteiger partial charge on any atom is 0.0223 e. The van der Waals surface area contributed by atoms with E-state index in [1.54, 1.807) is 0 Å². The van der Waals surface area contributed by atoms with Crippen LogP contribution in [-0.2, 0) is 20.0 Å². The third-order valence-electron chi connectivity index (χ3n) is 3.86. The van der Waals surface area contributed by atoms with Gasteiger partial charge in [-0.1, -0.05) is 30.3 Å². The van der Waals surface area contributed by atoms with Gasteiger partial charge in [-0.15, -0.1) is 0 Å². The first-order valence-electron chi connectivity index (χ1n) is 7.05. The molecule has 1 aromatic carbocycles. The normalized spacial score (nSPS) is 10.9. The van der Waals surface area contributed by atoms with Crippen molar-refractivity contribution in [1.82, 2.24) is 9.88 Å². The van der Waals surface area contributed by atoms with Crippen LogP contribution in [-0.4, -0.2) is 11.1 Å². The Morgan fingerprint density at radius 3 is 2.47 bits per heavy atom. The van der Waals surface area contributed by atoms with Gasteiger partial charge in [0.1, 0.15) is 0 Å². The zero-order valence-electron chi connectivity index (χ0n) is 12.2. The van der Waals surface area contributed by atoms with Gasteiger partial charge in [0.05, 0.1) is 0 Å². The summed E-state index contributed by atoms with van der Waals surface area (Å²) in [4.78, 5) is 0. The molecule has 102 valence electrons. The highest BCUT2D eigenvalue weighted by atomic mass is 15.0. The number of aromatic nitrogens is 1. The van der Waals surface area contributed by atoms with Crippen molar-refractivity contribution in [1.29, 1.82) is 0 Å². The molecule has 1 N–H and O–H groups in total. The van der Waals surface area contributed by atoms with Crippen molar-refractivity contribution < 1.29 is 0 Å². The summed E-state index contributed by atoms with van der Waals surface area (Å²) in [5.74, 6) is 0. The van der Waals surface area contributed by atoms with Gasteiger partial charge in [-0.2, -0.15) is 0 Å². The molecule has 2 heteroatoms. The number of benzene rings is 1. The molecule has 0 bridgehead atoms. The molecule has 2 nitrogen and oxygen atoms in total. The summed E-state index contributed by atoms with van der Waals surface area (Å²) < 4.78 is 2.25. The zero-order valence-corrected chi connectivity index (χ0v) is 12.2. The predicted molar refractivity (Wildman–Crippen MR) is 81.4 cm³/mol. The Hall–Kier alpha value is -1.54. The van der Waals surface area contributed by atoms with Crippen LogP contribution in [0.1, 0.15) is 28.9 Å². The highest BCUT2D eigenvalue weighted by Gasteiger charge is 2.04. The summed E-state index contributed by atoms with van der Waals surface area (Å²) in [6.07, 6.45) is 2.34. The zero-order chi connectivity index (χ0) is 13.7.